The summed E-state index contributed by atoms with van der Waals surface area (Å²) in [6.07, 6.45) is 7.39. The average Bonchev–Trinajstić information content (AvgIpc) is 2.61. The van der Waals surface area contributed by atoms with Gasteiger partial charge in [-0.25, -0.2) is 9.97 Å². The molecule has 1 aromatic heterocycles. The number of nitrogens with two attached hydrogens (primary N) is 1. The van der Waals surface area contributed by atoms with Gasteiger partial charge in [-0.3, -0.25) is 4.79 Å². The van der Waals surface area contributed by atoms with E-state index in [1.165, 1.54) is 0 Å². The second-order valence-electron chi connectivity index (χ2n) is 6.12. The third kappa shape index (κ3) is 2.23. The highest BCUT2D eigenvalue weighted by Crippen LogP contribution is 2.52. The average molecular weight is 260 g/mol. The molecule has 102 valence electrons. The van der Waals surface area contributed by atoms with Crippen molar-refractivity contribution in [2.45, 2.75) is 51.0 Å². The van der Waals surface area contributed by atoms with Crippen molar-refractivity contribution >= 4 is 11.7 Å². The van der Waals surface area contributed by atoms with Crippen LogP contribution in [0.25, 0.3) is 0 Å². The van der Waals surface area contributed by atoms with Crippen LogP contribution in [0.2, 0.25) is 0 Å². The highest BCUT2D eigenvalue weighted by molar-refractivity contribution is 5.95. The Labute approximate surface area is 113 Å². The van der Waals surface area contributed by atoms with Gasteiger partial charge in [0, 0.05) is 11.7 Å². The largest absolute Gasteiger partial charge is 0.325 e. The van der Waals surface area contributed by atoms with Gasteiger partial charge in [0.2, 0.25) is 5.91 Å². The van der Waals surface area contributed by atoms with E-state index in [9.17, 15) is 4.79 Å². The van der Waals surface area contributed by atoms with Crippen molar-refractivity contribution in [3.8, 4) is 0 Å². The maximum absolute atomic E-state index is 12.6. The van der Waals surface area contributed by atoms with Gasteiger partial charge in [-0.15, -0.1) is 0 Å². The van der Waals surface area contributed by atoms with Crippen LogP contribution in [0.1, 0.15) is 44.3 Å². The first-order valence-electron chi connectivity index (χ1n) is 6.92. The number of amides is 1. The molecule has 2 saturated carbocycles. The number of carbonyl (C=O) groups excluding carboxylic acids is 1. The number of carbonyl (C=O) groups is 1. The molecule has 0 radical (unpaired) electrons. The molecule has 0 aliphatic heterocycles. The van der Waals surface area contributed by atoms with Crippen LogP contribution in [0.3, 0.4) is 0 Å². The topological polar surface area (TPSA) is 80.9 Å². The van der Waals surface area contributed by atoms with Gasteiger partial charge in [-0.05, 0) is 45.1 Å². The molecule has 2 unspecified atom stereocenters. The molecule has 0 aromatic carbocycles. The van der Waals surface area contributed by atoms with E-state index in [2.05, 4.69) is 15.3 Å². The van der Waals surface area contributed by atoms with Gasteiger partial charge in [0.25, 0.3) is 0 Å². The standard InChI is InChI=1S/C14H20N4O/c1-10-16-8-3-11(17-10)18-12(19)13-4-2-5-14(15,9-13)7-6-13/h3,8H,2,4-7,9,15H2,1H3,(H,16,17,18,19). The molecule has 1 amide bonds. The quantitative estimate of drug-likeness (QED) is 0.849. The fraction of sp³-hybridized carbons (Fsp3) is 0.643. The lowest BCUT2D eigenvalue weighted by atomic mass is 9.72. The Kier molecular flexibility index (Phi) is 2.82. The zero-order valence-electron chi connectivity index (χ0n) is 11.3. The molecule has 5 heteroatoms. The summed E-state index contributed by atoms with van der Waals surface area (Å²) in [6, 6.07) is 1.73. The molecule has 3 N–H and O–H groups in total. The summed E-state index contributed by atoms with van der Waals surface area (Å²) < 4.78 is 0. The Hall–Kier alpha value is -1.49. The fourth-order valence-corrected chi connectivity index (χ4v) is 3.63. The van der Waals surface area contributed by atoms with Crippen molar-refractivity contribution in [1.82, 2.24) is 9.97 Å². The number of anilines is 1. The number of fused-ring (bicyclic) bond motifs is 2. The monoisotopic (exact) mass is 260 g/mol. The van der Waals surface area contributed by atoms with E-state index in [0.29, 0.717) is 11.6 Å². The van der Waals surface area contributed by atoms with Gasteiger partial charge in [-0.1, -0.05) is 6.42 Å². The third-order valence-electron chi connectivity index (χ3n) is 4.62. The van der Waals surface area contributed by atoms with E-state index in [1.807, 2.05) is 6.92 Å². The van der Waals surface area contributed by atoms with E-state index in [-0.39, 0.29) is 16.9 Å². The Morgan fingerprint density at radius 3 is 3.00 bits per heavy atom. The second-order valence-corrected chi connectivity index (χ2v) is 6.12. The Morgan fingerprint density at radius 1 is 1.37 bits per heavy atom. The maximum atomic E-state index is 12.6. The summed E-state index contributed by atoms with van der Waals surface area (Å²) in [4.78, 5) is 20.8. The number of aryl methyl sites for hydroxylation is 1. The zero-order chi connectivity index (χ0) is 13.5. The summed E-state index contributed by atoms with van der Waals surface area (Å²) in [5.41, 5.74) is 5.95. The highest BCUT2D eigenvalue weighted by Gasteiger charge is 2.53. The minimum atomic E-state index is -0.272. The van der Waals surface area contributed by atoms with E-state index in [4.69, 9.17) is 5.73 Å². The summed E-state index contributed by atoms with van der Waals surface area (Å²) in [5, 5.41) is 2.94. The summed E-state index contributed by atoms with van der Waals surface area (Å²) in [6.45, 7) is 1.81. The van der Waals surface area contributed by atoms with Crippen molar-refractivity contribution in [1.29, 1.82) is 0 Å². The lowest BCUT2D eigenvalue weighted by molar-refractivity contribution is -0.126. The molecule has 2 atom stereocenters. The van der Waals surface area contributed by atoms with E-state index < -0.39 is 0 Å². The molecule has 2 bridgehead atoms. The van der Waals surface area contributed by atoms with Crippen LogP contribution in [0.4, 0.5) is 5.82 Å². The van der Waals surface area contributed by atoms with Crippen molar-refractivity contribution in [3.05, 3.63) is 18.1 Å². The predicted molar refractivity (Wildman–Crippen MR) is 72.5 cm³/mol. The SMILES string of the molecule is Cc1nccc(NC(=O)C23CCCC(N)(CC2)C3)n1. The van der Waals surface area contributed by atoms with E-state index >= 15 is 0 Å². The van der Waals surface area contributed by atoms with Gasteiger partial charge < -0.3 is 11.1 Å². The molecule has 2 aliphatic carbocycles. The molecule has 2 aliphatic rings. The van der Waals surface area contributed by atoms with Crippen LogP contribution in [0.15, 0.2) is 12.3 Å². The van der Waals surface area contributed by atoms with Gasteiger partial charge in [-0.2, -0.15) is 0 Å². The normalized spacial score (nSPS) is 33.2. The molecule has 0 saturated heterocycles. The van der Waals surface area contributed by atoms with Crippen molar-refractivity contribution in [3.63, 3.8) is 0 Å². The molecule has 0 spiro atoms. The summed E-state index contributed by atoms with van der Waals surface area (Å²) in [7, 11) is 0. The summed E-state index contributed by atoms with van der Waals surface area (Å²) >= 11 is 0. The van der Waals surface area contributed by atoms with Crippen LogP contribution >= 0.6 is 0 Å². The number of nitrogens with zero attached hydrogens (tertiary/aromatic N) is 2. The van der Waals surface area contributed by atoms with E-state index in [1.54, 1.807) is 12.3 Å². The Bertz CT molecular complexity index is 518. The number of rotatable bonds is 2. The minimum Gasteiger partial charge on any atom is -0.325 e. The Balaban J connectivity index is 1.77. The van der Waals surface area contributed by atoms with Crippen molar-refractivity contribution in [2.24, 2.45) is 11.1 Å². The molecule has 3 rings (SSSR count). The molecule has 5 nitrogen and oxygen atoms in total. The first-order chi connectivity index (χ1) is 9.01. The zero-order valence-corrected chi connectivity index (χ0v) is 11.3. The van der Waals surface area contributed by atoms with E-state index in [0.717, 1.165) is 38.5 Å². The maximum Gasteiger partial charge on any atom is 0.231 e. The lowest BCUT2D eigenvalue weighted by Gasteiger charge is -2.36. The van der Waals surface area contributed by atoms with Gasteiger partial charge >= 0.3 is 0 Å². The molecule has 1 aromatic rings. The van der Waals surface area contributed by atoms with Crippen LogP contribution in [0.5, 0.6) is 0 Å². The second kappa shape index (κ2) is 4.27. The Morgan fingerprint density at radius 2 is 2.21 bits per heavy atom. The highest BCUT2D eigenvalue weighted by atomic mass is 16.2. The van der Waals surface area contributed by atoms with Crippen LogP contribution in [-0.4, -0.2) is 21.4 Å². The first-order valence-corrected chi connectivity index (χ1v) is 6.92. The van der Waals surface area contributed by atoms with Gasteiger partial charge in [0.05, 0.1) is 5.41 Å². The van der Waals surface area contributed by atoms with Crippen LogP contribution < -0.4 is 11.1 Å². The number of hydrogen-bond acceptors (Lipinski definition) is 4. The van der Waals surface area contributed by atoms with Gasteiger partial charge in [0.15, 0.2) is 0 Å². The fourth-order valence-electron chi connectivity index (χ4n) is 3.63. The molecule has 19 heavy (non-hydrogen) atoms. The lowest BCUT2D eigenvalue weighted by Crippen LogP contribution is -2.45. The molecule has 1 heterocycles. The molecular formula is C14H20N4O. The molecule has 2 fully saturated rings. The third-order valence-corrected chi connectivity index (χ3v) is 4.62. The molecular weight excluding hydrogens is 240 g/mol. The first kappa shape index (κ1) is 12.5. The minimum absolute atomic E-state index is 0.0811. The smallest absolute Gasteiger partial charge is 0.231 e. The summed E-state index contributed by atoms with van der Waals surface area (Å²) in [5.74, 6) is 1.34. The van der Waals surface area contributed by atoms with Crippen LogP contribution in [0, 0.1) is 12.3 Å². The van der Waals surface area contributed by atoms with Crippen molar-refractivity contribution < 1.29 is 4.79 Å². The van der Waals surface area contributed by atoms with Crippen LogP contribution in [-0.2, 0) is 4.79 Å². The number of nitrogens with one attached hydrogen (secondary N) is 1. The van der Waals surface area contributed by atoms with Gasteiger partial charge in [0.1, 0.15) is 11.6 Å². The van der Waals surface area contributed by atoms with Crippen molar-refractivity contribution in [2.75, 3.05) is 5.32 Å². The predicted octanol–water partition coefficient (Wildman–Crippen LogP) is 1.78. The number of hydrogen-bond donors (Lipinski definition) is 2. The number of aromatic nitrogens is 2.